The maximum absolute atomic E-state index is 6.16. The molecular weight excluding hydrogens is 378 g/mol. The summed E-state index contributed by atoms with van der Waals surface area (Å²) < 4.78 is 17.9. The van der Waals surface area contributed by atoms with Gasteiger partial charge in [0.15, 0.2) is 11.5 Å². The van der Waals surface area contributed by atoms with E-state index in [9.17, 15) is 0 Å². The number of nitrogens with one attached hydrogen (secondary N) is 2. The molecule has 0 saturated carbocycles. The highest BCUT2D eigenvalue weighted by Gasteiger charge is 2.15. The van der Waals surface area contributed by atoms with Crippen molar-refractivity contribution in [3.8, 4) is 23.0 Å². The summed E-state index contributed by atoms with van der Waals surface area (Å²) in [6.45, 7) is 4.86. The minimum absolute atomic E-state index is 0.574. The molecule has 2 N–H and O–H groups in total. The van der Waals surface area contributed by atoms with Gasteiger partial charge in [-0.3, -0.25) is 0 Å². The number of benzene rings is 2. The molecular formula is C24H26N3O3-. The van der Waals surface area contributed by atoms with Crippen LogP contribution >= 0.6 is 0 Å². The molecule has 1 fully saturated rings. The van der Waals surface area contributed by atoms with Crippen LogP contribution in [-0.4, -0.2) is 31.8 Å². The van der Waals surface area contributed by atoms with Crippen molar-refractivity contribution in [2.75, 3.05) is 26.8 Å². The van der Waals surface area contributed by atoms with Gasteiger partial charge < -0.3 is 29.5 Å². The van der Waals surface area contributed by atoms with Crippen molar-refractivity contribution in [2.24, 2.45) is 5.92 Å². The van der Waals surface area contributed by atoms with Gasteiger partial charge in [-0.25, -0.2) is 0 Å². The van der Waals surface area contributed by atoms with Crippen molar-refractivity contribution < 1.29 is 14.2 Å². The lowest BCUT2D eigenvalue weighted by atomic mass is 9.99. The zero-order valence-corrected chi connectivity index (χ0v) is 17.3. The average molecular weight is 404 g/mol. The molecule has 0 amide bonds. The first-order valence-electron chi connectivity index (χ1n) is 10.4. The van der Waals surface area contributed by atoms with Crippen LogP contribution in [0.15, 0.2) is 42.6 Å². The van der Waals surface area contributed by atoms with Crippen molar-refractivity contribution >= 4 is 21.8 Å². The highest BCUT2D eigenvalue weighted by atomic mass is 16.5. The lowest BCUT2D eigenvalue weighted by Crippen LogP contribution is -2.30. The topological polar surface area (TPSA) is 69.6 Å². The number of aromatic nitrogens is 2. The molecule has 2 aromatic carbocycles. The normalized spacial score (nSPS) is 15.0. The zero-order chi connectivity index (χ0) is 20.5. The fraction of sp³-hybridized carbons (Fsp3) is 0.333. The van der Waals surface area contributed by atoms with Gasteiger partial charge in [-0.15, -0.1) is 11.7 Å². The van der Waals surface area contributed by atoms with E-state index in [2.05, 4.69) is 21.4 Å². The number of aryl methyl sites for hydroxylation is 1. The molecule has 4 aromatic rings. The molecule has 0 atom stereocenters. The highest BCUT2D eigenvalue weighted by Crippen LogP contribution is 2.38. The molecule has 1 aliphatic rings. The van der Waals surface area contributed by atoms with Crippen LogP contribution in [0.25, 0.3) is 21.8 Å². The number of ether oxygens (including phenoxy) is 3. The summed E-state index contributed by atoms with van der Waals surface area (Å²) in [5.41, 5.74) is 3.07. The minimum atomic E-state index is 0.574. The Morgan fingerprint density at radius 3 is 2.73 bits per heavy atom. The second-order valence-corrected chi connectivity index (χ2v) is 7.95. The molecule has 1 saturated heterocycles. The number of aromatic amines is 1. The van der Waals surface area contributed by atoms with Crippen LogP contribution in [0.3, 0.4) is 0 Å². The number of piperidine rings is 1. The summed E-state index contributed by atoms with van der Waals surface area (Å²) in [5, 5.41) is 5.42. The molecule has 0 aliphatic carbocycles. The summed E-state index contributed by atoms with van der Waals surface area (Å²) in [6.07, 6.45) is 4.04. The number of fused-ring (bicyclic) bond motifs is 2. The predicted octanol–water partition coefficient (Wildman–Crippen LogP) is 4.77. The van der Waals surface area contributed by atoms with E-state index in [1.165, 1.54) is 0 Å². The Labute approximate surface area is 175 Å². The molecule has 2 aromatic heterocycles. The van der Waals surface area contributed by atoms with Gasteiger partial charge in [-0.1, -0.05) is 0 Å². The first-order chi connectivity index (χ1) is 14.7. The van der Waals surface area contributed by atoms with E-state index in [4.69, 9.17) is 14.2 Å². The Balaban J connectivity index is 1.39. The number of rotatable bonds is 6. The monoisotopic (exact) mass is 404 g/mol. The van der Waals surface area contributed by atoms with Gasteiger partial charge in [-0.05, 0) is 75.2 Å². The zero-order valence-electron chi connectivity index (χ0n) is 17.3. The molecule has 0 unspecified atom stereocenters. The first-order valence-corrected chi connectivity index (χ1v) is 10.4. The van der Waals surface area contributed by atoms with Gasteiger partial charge in [0.2, 0.25) is 0 Å². The Hall–Kier alpha value is -3.12. The van der Waals surface area contributed by atoms with Gasteiger partial charge in [0.05, 0.1) is 13.7 Å². The Bertz CT molecular complexity index is 1170. The van der Waals surface area contributed by atoms with Gasteiger partial charge in [0.1, 0.15) is 11.5 Å². The lowest BCUT2D eigenvalue weighted by molar-refractivity contribution is 0.208. The fourth-order valence-corrected chi connectivity index (χ4v) is 4.11. The molecule has 0 spiro atoms. The summed E-state index contributed by atoms with van der Waals surface area (Å²) in [7, 11) is 1.66. The average Bonchev–Trinajstić information content (AvgIpc) is 3.33. The molecule has 30 heavy (non-hydrogen) atoms. The van der Waals surface area contributed by atoms with Gasteiger partial charge >= 0.3 is 0 Å². The van der Waals surface area contributed by atoms with Crippen molar-refractivity contribution in [3.05, 3.63) is 48.3 Å². The van der Waals surface area contributed by atoms with Crippen LogP contribution in [0.2, 0.25) is 0 Å². The summed E-state index contributed by atoms with van der Waals surface area (Å²) in [4.78, 5) is 7.86. The van der Waals surface area contributed by atoms with Crippen molar-refractivity contribution in [2.45, 2.75) is 19.8 Å². The summed E-state index contributed by atoms with van der Waals surface area (Å²) in [6, 6.07) is 12.0. The number of hydrogen-bond donors (Lipinski definition) is 2. The van der Waals surface area contributed by atoms with Crippen LogP contribution in [0, 0.1) is 12.8 Å². The number of nitrogens with zero attached hydrogens (tertiary/aromatic N) is 1. The third-order valence-electron chi connectivity index (χ3n) is 5.76. The van der Waals surface area contributed by atoms with E-state index in [0.29, 0.717) is 24.0 Å². The quantitative estimate of drug-likeness (QED) is 0.485. The number of methoxy groups -OCH3 is 1. The standard InChI is InChI=1S/C24H26N3O3/c1-15-9-17-10-18(3-4-20(17)27-15)30-24-13-26-21-12-23(22(28-2)11-19(21)24)29-14-16-5-7-25-8-6-16/h3-4,9-13,16,25,27H,5-8,14H2,1-2H3/q-1. The second kappa shape index (κ2) is 7.95. The van der Waals surface area contributed by atoms with E-state index in [0.717, 1.165) is 64.9 Å². The molecule has 156 valence electrons. The molecule has 3 heterocycles. The maximum atomic E-state index is 6.16. The Kier molecular flexibility index (Phi) is 5.01. The Morgan fingerprint density at radius 2 is 1.90 bits per heavy atom. The van der Waals surface area contributed by atoms with E-state index in [1.807, 2.05) is 37.3 Å². The van der Waals surface area contributed by atoms with E-state index in [1.54, 1.807) is 13.3 Å². The van der Waals surface area contributed by atoms with Gasteiger partial charge in [0.25, 0.3) is 0 Å². The highest BCUT2D eigenvalue weighted by molar-refractivity contribution is 5.89. The third-order valence-corrected chi connectivity index (χ3v) is 5.76. The maximum Gasteiger partial charge on any atom is 0.161 e. The van der Waals surface area contributed by atoms with Crippen LogP contribution in [-0.2, 0) is 0 Å². The largest absolute Gasteiger partial charge is 0.660 e. The fourth-order valence-electron chi connectivity index (χ4n) is 4.11. The van der Waals surface area contributed by atoms with Crippen molar-refractivity contribution in [1.82, 2.24) is 15.3 Å². The van der Waals surface area contributed by atoms with Gasteiger partial charge in [-0.2, -0.15) is 0 Å². The molecule has 0 bridgehead atoms. The molecule has 6 nitrogen and oxygen atoms in total. The first kappa shape index (κ1) is 18.9. The van der Waals surface area contributed by atoms with Crippen LogP contribution in [0.4, 0.5) is 0 Å². The smallest absolute Gasteiger partial charge is 0.161 e. The number of hydrogen-bond acceptors (Lipinski definition) is 4. The minimum Gasteiger partial charge on any atom is -0.660 e. The van der Waals surface area contributed by atoms with Crippen molar-refractivity contribution in [3.63, 3.8) is 0 Å². The van der Waals surface area contributed by atoms with Crippen LogP contribution in [0.1, 0.15) is 18.5 Å². The molecule has 1 aliphatic heterocycles. The number of H-pyrrole nitrogens is 1. The third kappa shape index (κ3) is 3.71. The van der Waals surface area contributed by atoms with E-state index >= 15 is 0 Å². The Morgan fingerprint density at radius 1 is 1.03 bits per heavy atom. The van der Waals surface area contributed by atoms with Gasteiger partial charge in [0, 0.05) is 22.0 Å². The van der Waals surface area contributed by atoms with Crippen LogP contribution < -0.4 is 24.5 Å². The lowest BCUT2D eigenvalue weighted by Gasteiger charge is -2.23. The molecule has 0 radical (unpaired) electrons. The van der Waals surface area contributed by atoms with E-state index in [-0.39, 0.29) is 0 Å². The SMILES string of the molecule is COc1cc2c(Oc3ccc4[nH]c(C)cc4c3)c[n-]c2cc1OCC1CCNCC1. The van der Waals surface area contributed by atoms with E-state index < -0.39 is 0 Å². The molecule has 6 heteroatoms. The summed E-state index contributed by atoms with van der Waals surface area (Å²) >= 11 is 0. The van der Waals surface area contributed by atoms with Crippen LogP contribution in [0.5, 0.6) is 23.0 Å². The molecule has 5 rings (SSSR count). The summed E-state index contributed by atoms with van der Waals surface area (Å²) in [5.74, 6) is 3.49. The predicted molar refractivity (Wildman–Crippen MR) is 118 cm³/mol. The van der Waals surface area contributed by atoms with Crippen molar-refractivity contribution in [1.29, 1.82) is 0 Å². The second-order valence-electron chi connectivity index (χ2n) is 7.95.